The first-order valence-electron chi connectivity index (χ1n) is 7.69. The van der Waals surface area contributed by atoms with Gasteiger partial charge in [0, 0.05) is 17.5 Å². The first-order chi connectivity index (χ1) is 9.31. The van der Waals surface area contributed by atoms with Crippen molar-refractivity contribution >= 4 is 11.3 Å². The fourth-order valence-corrected chi connectivity index (χ4v) is 3.73. The van der Waals surface area contributed by atoms with Gasteiger partial charge in [0.05, 0.1) is 6.10 Å². The molecule has 108 valence electrons. The molecule has 2 rings (SSSR count). The molecule has 1 saturated carbocycles. The summed E-state index contributed by atoms with van der Waals surface area (Å²) in [4.78, 5) is 1.52. The Bertz CT molecular complexity index is 333. The highest BCUT2D eigenvalue weighted by molar-refractivity contribution is 7.09. The van der Waals surface area contributed by atoms with E-state index in [1.54, 1.807) is 0 Å². The van der Waals surface area contributed by atoms with E-state index < -0.39 is 0 Å². The Morgan fingerprint density at radius 3 is 2.89 bits per heavy atom. The molecule has 1 fully saturated rings. The maximum atomic E-state index is 5.65. The van der Waals surface area contributed by atoms with Crippen LogP contribution in [0.2, 0.25) is 0 Å². The number of aryl methyl sites for hydroxylation is 1. The smallest absolute Gasteiger partial charge is 0.0580 e. The fraction of sp³-hybridized carbons (Fsp3) is 0.750. The van der Waals surface area contributed by atoms with Crippen LogP contribution < -0.4 is 5.32 Å². The largest absolute Gasteiger partial charge is 0.378 e. The van der Waals surface area contributed by atoms with Crippen molar-refractivity contribution in [1.82, 2.24) is 5.32 Å². The fourth-order valence-electron chi connectivity index (χ4n) is 3.00. The molecule has 0 saturated heterocycles. The molecule has 0 radical (unpaired) electrons. The number of thiophene rings is 1. The molecule has 1 N–H and O–H groups in total. The van der Waals surface area contributed by atoms with Crippen LogP contribution >= 0.6 is 11.3 Å². The molecule has 0 aliphatic heterocycles. The summed E-state index contributed by atoms with van der Waals surface area (Å²) in [6.45, 7) is 6.25. The molecule has 1 aromatic rings. The van der Waals surface area contributed by atoms with Gasteiger partial charge in [-0.25, -0.2) is 0 Å². The van der Waals surface area contributed by atoms with Crippen molar-refractivity contribution in [2.75, 3.05) is 13.2 Å². The van der Waals surface area contributed by atoms with Crippen LogP contribution in [0.5, 0.6) is 0 Å². The predicted molar refractivity (Wildman–Crippen MR) is 82.9 cm³/mol. The van der Waals surface area contributed by atoms with Crippen LogP contribution in [0.4, 0.5) is 0 Å². The first-order valence-corrected chi connectivity index (χ1v) is 8.57. The average Bonchev–Trinajstić information content (AvgIpc) is 2.86. The van der Waals surface area contributed by atoms with Gasteiger partial charge < -0.3 is 10.1 Å². The van der Waals surface area contributed by atoms with Gasteiger partial charge >= 0.3 is 0 Å². The summed E-state index contributed by atoms with van der Waals surface area (Å²) in [5.41, 5.74) is 0. The highest BCUT2D eigenvalue weighted by atomic mass is 32.1. The molecule has 0 amide bonds. The molecule has 1 aromatic heterocycles. The van der Waals surface area contributed by atoms with E-state index in [0.717, 1.165) is 19.1 Å². The minimum Gasteiger partial charge on any atom is -0.378 e. The minimum atomic E-state index is 0.551. The maximum absolute atomic E-state index is 5.65. The highest BCUT2D eigenvalue weighted by Crippen LogP contribution is 2.34. The van der Waals surface area contributed by atoms with E-state index in [9.17, 15) is 0 Å². The Morgan fingerprint density at radius 2 is 2.26 bits per heavy atom. The topological polar surface area (TPSA) is 21.3 Å². The number of hydrogen-bond acceptors (Lipinski definition) is 3. The summed E-state index contributed by atoms with van der Waals surface area (Å²) in [7, 11) is 0. The SMILES string of the molecule is CCNC(CCc1cccs1)CC1CC(OCC)C1. The van der Waals surface area contributed by atoms with Gasteiger partial charge in [-0.3, -0.25) is 0 Å². The molecule has 0 bridgehead atoms. The van der Waals surface area contributed by atoms with Gasteiger partial charge in [0.15, 0.2) is 0 Å². The second kappa shape index (κ2) is 8.03. The summed E-state index contributed by atoms with van der Waals surface area (Å²) in [5, 5.41) is 5.83. The normalized spacial score (nSPS) is 24.1. The second-order valence-corrected chi connectivity index (χ2v) is 6.56. The Labute approximate surface area is 121 Å². The zero-order chi connectivity index (χ0) is 13.5. The lowest BCUT2D eigenvalue weighted by atomic mass is 9.77. The van der Waals surface area contributed by atoms with Crippen LogP contribution in [-0.4, -0.2) is 25.3 Å². The van der Waals surface area contributed by atoms with Crippen LogP contribution in [-0.2, 0) is 11.2 Å². The number of ether oxygens (including phenoxy) is 1. The van der Waals surface area contributed by atoms with E-state index in [2.05, 4.69) is 36.7 Å². The van der Waals surface area contributed by atoms with E-state index in [4.69, 9.17) is 4.74 Å². The van der Waals surface area contributed by atoms with Gasteiger partial charge in [-0.15, -0.1) is 11.3 Å². The molecule has 1 aliphatic carbocycles. The summed E-state index contributed by atoms with van der Waals surface area (Å²) >= 11 is 1.88. The van der Waals surface area contributed by atoms with Crippen molar-refractivity contribution in [1.29, 1.82) is 0 Å². The van der Waals surface area contributed by atoms with Gasteiger partial charge in [-0.1, -0.05) is 13.0 Å². The van der Waals surface area contributed by atoms with Crippen LogP contribution in [0.25, 0.3) is 0 Å². The third-order valence-corrected chi connectivity index (χ3v) is 4.96. The van der Waals surface area contributed by atoms with Crippen molar-refractivity contribution in [3.05, 3.63) is 22.4 Å². The van der Waals surface area contributed by atoms with Crippen molar-refractivity contribution in [3.63, 3.8) is 0 Å². The lowest BCUT2D eigenvalue weighted by Gasteiger charge is -2.37. The second-order valence-electron chi connectivity index (χ2n) is 5.52. The Balaban J connectivity index is 1.68. The molecule has 19 heavy (non-hydrogen) atoms. The van der Waals surface area contributed by atoms with E-state index in [1.165, 1.54) is 37.0 Å². The molecule has 1 heterocycles. The summed E-state index contributed by atoms with van der Waals surface area (Å²) in [6, 6.07) is 5.09. The Hall–Kier alpha value is -0.380. The monoisotopic (exact) mass is 281 g/mol. The Morgan fingerprint density at radius 1 is 1.42 bits per heavy atom. The van der Waals surface area contributed by atoms with Gasteiger partial charge in [0.2, 0.25) is 0 Å². The van der Waals surface area contributed by atoms with Crippen molar-refractivity contribution < 1.29 is 4.74 Å². The summed E-state index contributed by atoms with van der Waals surface area (Å²) < 4.78 is 5.65. The quantitative estimate of drug-likeness (QED) is 0.742. The predicted octanol–water partition coefficient (Wildman–Crippen LogP) is 3.86. The van der Waals surface area contributed by atoms with Crippen molar-refractivity contribution in [2.45, 2.75) is 58.1 Å². The average molecular weight is 281 g/mol. The van der Waals surface area contributed by atoms with E-state index in [0.29, 0.717) is 12.1 Å². The van der Waals surface area contributed by atoms with Crippen molar-refractivity contribution in [3.8, 4) is 0 Å². The summed E-state index contributed by atoms with van der Waals surface area (Å²) in [6.07, 6.45) is 6.91. The minimum absolute atomic E-state index is 0.551. The zero-order valence-electron chi connectivity index (χ0n) is 12.2. The summed E-state index contributed by atoms with van der Waals surface area (Å²) in [5.74, 6) is 0.879. The maximum Gasteiger partial charge on any atom is 0.0580 e. The number of hydrogen-bond donors (Lipinski definition) is 1. The van der Waals surface area contributed by atoms with Gasteiger partial charge in [-0.05, 0) is 62.9 Å². The third kappa shape index (κ3) is 4.90. The standard InChI is InChI=1S/C16H27NOS/c1-3-17-14(7-8-16-6-5-9-19-16)10-13-11-15(12-13)18-4-2/h5-6,9,13-15,17H,3-4,7-8,10-12H2,1-2H3. The van der Waals surface area contributed by atoms with Gasteiger partial charge in [-0.2, -0.15) is 0 Å². The van der Waals surface area contributed by atoms with E-state index >= 15 is 0 Å². The Kier molecular flexibility index (Phi) is 6.35. The molecule has 1 atom stereocenters. The van der Waals surface area contributed by atoms with Crippen LogP contribution in [0.1, 0.15) is 44.4 Å². The van der Waals surface area contributed by atoms with Gasteiger partial charge in [0.25, 0.3) is 0 Å². The van der Waals surface area contributed by atoms with E-state index in [1.807, 2.05) is 11.3 Å². The lowest BCUT2D eigenvalue weighted by molar-refractivity contribution is -0.0291. The molecule has 3 heteroatoms. The molecular weight excluding hydrogens is 254 g/mol. The number of nitrogens with one attached hydrogen (secondary N) is 1. The van der Waals surface area contributed by atoms with E-state index in [-0.39, 0.29) is 0 Å². The molecule has 1 unspecified atom stereocenters. The first kappa shape index (κ1) is 15.0. The third-order valence-electron chi connectivity index (χ3n) is 4.02. The van der Waals surface area contributed by atoms with Crippen molar-refractivity contribution in [2.24, 2.45) is 5.92 Å². The van der Waals surface area contributed by atoms with Crippen LogP contribution in [0.15, 0.2) is 17.5 Å². The molecular formula is C16H27NOS. The lowest BCUT2D eigenvalue weighted by Crippen LogP contribution is -2.38. The van der Waals surface area contributed by atoms with Gasteiger partial charge in [0.1, 0.15) is 0 Å². The van der Waals surface area contributed by atoms with Crippen LogP contribution in [0.3, 0.4) is 0 Å². The zero-order valence-corrected chi connectivity index (χ0v) is 13.0. The molecule has 0 spiro atoms. The highest BCUT2D eigenvalue weighted by Gasteiger charge is 2.31. The molecule has 1 aliphatic rings. The molecule has 0 aromatic carbocycles. The van der Waals surface area contributed by atoms with Crippen LogP contribution in [0, 0.1) is 5.92 Å². The number of rotatable bonds is 9. The molecule has 2 nitrogen and oxygen atoms in total.